The molecule has 0 unspecified atom stereocenters. The van der Waals surface area contributed by atoms with Gasteiger partial charge in [0.1, 0.15) is 11.5 Å². The second-order valence-corrected chi connectivity index (χ2v) is 5.37. The maximum absolute atomic E-state index is 12.5. The van der Waals surface area contributed by atoms with Crippen molar-refractivity contribution in [3.8, 4) is 11.5 Å². The van der Waals surface area contributed by atoms with Crippen LogP contribution in [0.3, 0.4) is 0 Å². The quantitative estimate of drug-likeness (QED) is 0.883. The molecule has 0 bridgehead atoms. The van der Waals surface area contributed by atoms with Crippen molar-refractivity contribution < 1.29 is 24.2 Å². The van der Waals surface area contributed by atoms with Crippen LogP contribution >= 0.6 is 0 Å². The van der Waals surface area contributed by atoms with E-state index in [4.69, 9.17) is 9.47 Å². The lowest BCUT2D eigenvalue weighted by molar-refractivity contribution is -0.313. The number of carbonyl (C=O) groups excluding carboxylic acids is 2. The zero-order valence-corrected chi connectivity index (χ0v) is 12.8. The smallest absolute Gasteiger partial charge is 0.228 e. The zero-order valence-electron chi connectivity index (χ0n) is 12.8. The molecule has 1 aromatic rings. The van der Waals surface area contributed by atoms with Gasteiger partial charge in [-0.2, -0.15) is 0 Å². The third-order valence-electron chi connectivity index (χ3n) is 4.07. The van der Waals surface area contributed by atoms with Crippen LogP contribution in [0, 0.1) is 11.8 Å². The summed E-state index contributed by atoms with van der Waals surface area (Å²) in [5.74, 6) is -1.70. The fourth-order valence-corrected chi connectivity index (χ4v) is 2.86. The van der Waals surface area contributed by atoms with Gasteiger partial charge in [-0.25, -0.2) is 0 Å². The summed E-state index contributed by atoms with van der Waals surface area (Å²) in [5, 5.41) is 14.0. The molecule has 1 amide bonds. The fourth-order valence-electron chi connectivity index (χ4n) is 2.86. The fraction of sp³-hybridized carbons (Fsp3) is 0.500. The molecule has 2 atom stereocenters. The second-order valence-electron chi connectivity index (χ2n) is 5.37. The van der Waals surface area contributed by atoms with E-state index in [1.807, 2.05) is 0 Å². The first-order valence-corrected chi connectivity index (χ1v) is 7.30. The number of methoxy groups -OCH3 is 2. The molecule has 1 saturated carbocycles. The van der Waals surface area contributed by atoms with Crippen LogP contribution in [-0.2, 0) is 9.59 Å². The number of hydrogen-bond acceptors (Lipinski definition) is 5. The number of ether oxygens (including phenoxy) is 2. The Morgan fingerprint density at radius 2 is 1.82 bits per heavy atom. The second kappa shape index (κ2) is 7.15. The van der Waals surface area contributed by atoms with E-state index < -0.39 is 17.8 Å². The summed E-state index contributed by atoms with van der Waals surface area (Å²) in [6, 6.07) is 5.05. The number of hydrogen-bond donors (Lipinski definition) is 1. The Kier molecular flexibility index (Phi) is 5.25. The lowest BCUT2D eigenvalue weighted by Crippen LogP contribution is -2.42. The summed E-state index contributed by atoms with van der Waals surface area (Å²) < 4.78 is 10.3. The minimum Gasteiger partial charge on any atom is -0.550 e. The number of carboxylic acid groups (broad SMARTS) is 1. The van der Waals surface area contributed by atoms with Crippen molar-refractivity contribution in [1.82, 2.24) is 0 Å². The van der Waals surface area contributed by atoms with Gasteiger partial charge in [0.2, 0.25) is 5.91 Å². The van der Waals surface area contributed by atoms with Crippen molar-refractivity contribution in [2.45, 2.75) is 25.7 Å². The molecule has 0 heterocycles. The summed E-state index contributed by atoms with van der Waals surface area (Å²) in [6.07, 6.45) is 2.69. The van der Waals surface area contributed by atoms with Gasteiger partial charge in [0.15, 0.2) is 0 Å². The highest BCUT2D eigenvalue weighted by Gasteiger charge is 2.32. The van der Waals surface area contributed by atoms with E-state index in [-0.39, 0.29) is 5.91 Å². The topological polar surface area (TPSA) is 87.7 Å². The third kappa shape index (κ3) is 3.50. The van der Waals surface area contributed by atoms with E-state index in [9.17, 15) is 14.7 Å². The minimum absolute atomic E-state index is 0.319. The molecule has 1 aromatic carbocycles. The van der Waals surface area contributed by atoms with Gasteiger partial charge in [0.25, 0.3) is 0 Å². The number of nitrogens with one attached hydrogen (secondary N) is 1. The maximum Gasteiger partial charge on any atom is 0.228 e. The molecule has 22 heavy (non-hydrogen) atoms. The largest absolute Gasteiger partial charge is 0.550 e. The van der Waals surface area contributed by atoms with E-state index in [0.29, 0.717) is 30.0 Å². The SMILES string of the molecule is COc1ccc(OC)c(NC(=O)[C@H]2CCCC[C@H]2C(=O)[O-])c1. The highest BCUT2D eigenvalue weighted by Crippen LogP contribution is 2.33. The van der Waals surface area contributed by atoms with Crippen LogP contribution in [0.5, 0.6) is 11.5 Å². The molecular formula is C16H20NO5-. The Labute approximate surface area is 129 Å². The molecule has 1 N–H and O–H groups in total. The standard InChI is InChI=1S/C16H21NO5/c1-21-10-7-8-14(22-2)13(9-10)17-15(18)11-5-3-4-6-12(11)16(19)20/h7-9,11-12H,3-6H2,1-2H3,(H,17,18)(H,19,20)/p-1/t11-,12+/m0/s1. The molecular weight excluding hydrogens is 286 g/mol. The van der Waals surface area contributed by atoms with Gasteiger partial charge in [-0.1, -0.05) is 12.8 Å². The van der Waals surface area contributed by atoms with Crippen molar-refractivity contribution in [3.05, 3.63) is 18.2 Å². The van der Waals surface area contributed by atoms with Crippen LogP contribution in [0.4, 0.5) is 5.69 Å². The molecule has 2 rings (SSSR count). The number of amides is 1. The molecule has 0 radical (unpaired) electrons. The van der Waals surface area contributed by atoms with Crippen LogP contribution in [0.1, 0.15) is 25.7 Å². The van der Waals surface area contributed by atoms with Crippen LogP contribution in [0.15, 0.2) is 18.2 Å². The van der Waals surface area contributed by atoms with Crippen LogP contribution in [0.2, 0.25) is 0 Å². The zero-order chi connectivity index (χ0) is 16.1. The summed E-state index contributed by atoms with van der Waals surface area (Å²) in [6.45, 7) is 0. The van der Waals surface area contributed by atoms with Gasteiger partial charge in [0.05, 0.1) is 19.9 Å². The molecule has 1 aliphatic rings. The normalized spacial score (nSPS) is 21.0. The monoisotopic (exact) mass is 306 g/mol. The van der Waals surface area contributed by atoms with Gasteiger partial charge < -0.3 is 24.7 Å². The first-order valence-electron chi connectivity index (χ1n) is 7.30. The third-order valence-corrected chi connectivity index (χ3v) is 4.07. The Morgan fingerprint density at radius 3 is 2.41 bits per heavy atom. The predicted octanol–water partition coefficient (Wildman–Crippen LogP) is 1.20. The Hall–Kier alpha value is -2.24. The number of aliphatic carboxylic acids is 1. The molecule has 0 aromatic heterocycles. The highest BCUT2D eigenvalue weighted by molar-refractivity contribution is 5.96. The molecule has 1 fully saturated rings. The lowest BCUT2D eigenvalue weighted by Gasteiger charge is -2.31. The van der Waals surface area contributed by atoms with Gasteiger partial charge >= 0.3 is 0 Å². The predicted molar refractivity (Wildman–Crippen MR) is 78.6 cm³/mol. The summed E-state index contributed by atoms with van der Waals surface area (Å²) in [7, 11) is 3.03. The van der Waals surface area contributed by atoms with E-state index in [1.54, 1.807) is 18.2 Å². The molecule has 0 spiro atoms. The van der Waals surface area contributed by atoms with Crippen molar-refractivity contribution in [2.75, 3.05) is 19.5 Å². The van der Waals surface area contributed by atoms with E-state index in [0.717, 1.165) is 12.8 Å². The summed E-state index contributed by atoms with van der Waals surface area (Å²) in [5.41, 5.74) is 0.467. The van der Waals surface area contributed by atoms with E-state index in [1.165, 1.54) is 14.2 Å². The van der Waals surface area contributed by atoms with Gasteiger partial charge in [-0.15, -0.1) is 0 Å². The Morgan fingerprint density at radius 1 is 1.14 bits per heavy atom. The molecule has 120 valence electrons. The average molecular weight is 306 g/mol. The first-order chi connectivity index (χ1) is 10.6. The summed E-state index contributed by atoms with van der Waals surface area (Å²) >= 11 is 0. The van der Waals surface area contributed by atoms with Crippen LogP contribution < -0.4 is 19.9 Å². The first kappa shape index (κ1) is 16.1. The number of rotatable bonds is 5. The molecule has 0 saturated heterocycles. The van der Waals surface area contributed by atoms with E-state index >= 15 is 0 Å². The number of carbonyl (C=O) groups is 2. The van der Waals surface area contributed by atoms with E-state index in [2.05, 4.69) is 5.32 Å². The average Bonchev–Trinajstić information content (AvgIpc) is 2.54. The maximum atomic E-state index is 12.5. The number of carboxylic acids is 1. The van der Waals surface area contributed by atoms with Crippen LogP contribution in [0.25, 0.3) is 0 Å². The molecule has 1 aliphatic carbocycles. The molecule has 6 nitrogen and oxygen atoms in total. The van der Waals surface area contributed by atoms with Gasteiger partial charge in [-0.05, 0) is 25.0 Å². The highest BCUT2D eigenvalue weighted by atomic mass is 16.5. The molecule has 6 heteroatoms. The van der Waals surface area contributed by atoms with Crippen molar-refractivity contribution >= 4 is 17.6 Å². The van der Waals surface area contributed by atoms with Crippen LogP contribution in [-0.4, -0.2) is 26.1 Å². The minimum atomic E-state index is -1.16. The van der Waals surface area contributed by atoms with Gasteiger partial charge in [0, 0.05) is 23.9 Å². The van der Waals surface area contributed by atoms with Gasteiger partial charge in [-0.3, -0.25) is 4.79 Å². The summed E-state index contributed by atoms with van der Waals surface area (Å²) in [4.78, 5) is 23.7. The van der Waals surface area contributed by atoms with Crippen molar-refractivity contribution in [3.63, 3.8) is 0 Å². The number of benzene rings is 1. The number of anilines is 1. The Balaban J connectivity index is 2.18. The lowest BCUT2D eigenvalue weighted by atomic mass is 9.78. The molecule has 0 aliphatic heterocycles. The van der Waals surface area contributed by atoms with Crippen molar-refractivity contribution in [2.24, 2.45) is 11.8 Å². The van der Waals surface area contributed by atoms with Crippen molar-refractivity contribution in [1.29, 1.82) is 0 Å². The Bertz CT molecular complexity index is 557.